The fourth-order valence-corrected chi connectivity index (χ4v) is 3.24. The number of aryl methyl sites for hydroxylation is 2. The average molecular weight is 324 g/mol. The molecule has 1 aromatic carbocycles. The van der Waals surface area contributed by atoms with Gasteiger partial charge in [0.15, 0.2) is 0 Å². The van der Waals surface area contributed by atoms with Gasteiger partial charge in [0, 0.05) is 24.8 Å². The van der Waals surface area contributed by atoms with Gasteiger partial charge in [0.1, 0.15) is 0 Å². The molecule has 1 unspecified atom stereocenters. The van der Waals surface area contributed by atoms with E-state index in [1.807, 2.05) is 11.0 Å². The largest absolute Gasteiger partial charge is 0.342 e. The maximum atomic E-state index is 12.3. The smallest absolute Gasteiger partial charge is 0.222 e. The summed E-state index contributed by atoms with van der Waals surface area (Å²) in [5.41, 5.74) is 2.58. The van der Waals surface area contributed by atoms with Crippen LogP contribution < -0.4 is 0 Å². The Morgan fingerprint density at radius 1 is 1.42 bits per heavy atom. The molecule has 3 heteroatoms. The minimum absolute atomic E-state index is 0.314. The Kier molecular flexibility index (Phi) is 5.44. The number of halogens is 1. The van der Waals surface area contributed by atoms with Crippen molar-refractivity contribution in [1.29, 1.82) is 0 Å². The van der Waals surface area contributed by atoms with E-state index >= 15 is 0 Å². The van der Waals surface area contributed by atoms with Gasteiger partial charge in [-0.15, -0.1) is 0 Å². The molecule has 0 radical (unpaired) electrons. The third-order valence-corrected chi connectivity index (χ3v) is 4.88. The normalized spacial score (nSPS) is 19.5. The quantitative estimate of drug-likeness (QED) is 0.776. The van der Waals surface area contributed by atoms with Crippen molar-refractivity contribution < 1.29 is 4.79 Å². The molecule has 0 N–H and O–H groups in total. The number of amides is 1. The highest BCUT2D eigenvalue weighted by Crippen LogP contribution is 2.19. The van der Waals surface area contributed by atoms with Crippen molar-refractivity contribution in [3.05, 3.63) is 35.4 Å². The van der Waals surface area contributed by atoms with Crippen LogP contribution in [0.3, 0.4) is 0 Å². The van der Waals surface area contributed by atoms with Crippen molar-refractivity contribution in [3.8, 4) is 0 Å². The summed E-state index contributed by atoms with van der Waals surface area (Å²) in [5, 5.41) is 1.01. The zero-order valence-electron chi connectivity index (χ0n) is 11.6. The van der Waals surface area contributed by atoms with Crippen molar-refractivity contribution in [2.75, 3.05) is 18.4 Å². The summed E-state index contributed by atoms with van der Waals surface area (Å²) < 4.78 is 0. The topological polar surface area (TPSA) is 20.3 Å². The molecule has 19 heavy (non-hydrogen) atoms. The van der Waals surface area contributed by atoms with Gasteiger partial charge in [-0.05, 0) is 43.2 Å². The first-order valence-electron chi connectivity index (χ1n) is 7.09. The Morgan fingerprint density at radius 3 is 2.95 bits per heavy atom. The molecule has 2 nitrogen and oxygen atoms in total. The molecule has 0 aromatic heterocycles. The number of carbonyl (C=O) groups is 1. The Morgan fingerprint density at radius 2 is 2.21 bits per heavy atom. The summed E-state index contributed by atoms with van der Waals surface area (Å²) in [6, 6.07) is 8.34. The molecule has 1 aliphatic heterocycles. The Labute approximate surface area is 124 Å². The predicted octanol–water partition coefficient (Wildman–Crippen LogP) is 3.56. The molecule has 0 saturated carbocycles. The molecular formula is C16H22BrNO. The van der Waals surface area contributed by atoms with Gasteiger partial charge in [0.05, 0.1) is 0 Å². The third-order valence-electron chi connectivity index (χ3n) is 3.96. The maximum absolute atomic E-state index is 12.3. The van der Waals surface area contributed by atoms with Crippen molar-refractivity contribution in [3.63, 3.8) is 0 Å². The third kappa shape index (κ3) is 4.07. The van der Waals surface area contributed by atoms with E-state index in [4.69, 9.17) is 0 Å². The lowest BCUT2D eigenvalue weighted by molar-refractivity contribution is -0.132. The summed E-state index contributed by atoms with van der Waals surface area (Å²) in [6.45, 7) is 3.98. The van der Waals surface area contributed by atoms with Crippen LogP contribution >= 0.6 is 15.9 Å². The standard InChI is InChI=1S/C16H22BrNO/c1-13-5-2-3-7-15(13)8-9-16(19)18-10-4-6-14(11-17)12-18/h2-3,5,7,14H,4,6,8-12H2,1H3. The van der Waals surface area contributed by atoms with Crippen LogP contribution in [-0.4, -0.2) is 29.2 Å². The van der Waals surface area contributed by atoms with Crippen molar-refractivity contribution in [2.45, 2.75) is 32.6 Å². The molecule has 1 aromatic rings. The zero-order chi connectivity index (χ0) is 13.7. The molecule has 1 atom stereocenters. The number of nitrogens with zero attached hydrogens (tertiary/aromatic N) is 1. The monoisotopic (exact) mass is 323 g/mol. The van der Waals surface area contributed by atoms with Gasteiger partial charge < -0.3 is 4.90 Å². The number of alkyl halides is 1. The number of hydrogen-bond acceptors (Lipinski definition) is 1. The SMILES string of the molecule is Cc1ccccc1CCC(=O)N1CCCC(CBr)C1. The molecular weight excluding hydrogens is 302 g/mol. The van der Waals surface area contributed by atoms with Crippen molar-refractivity contribution in [2.24, 2.45) is 5.92 Å². The molecule has 1 fully saturated rings. The second-order valence-corrected chi connectivity index (χ2v) is 6.08. The summed E-state index contributed by atoms with van der Waals surface area (Å²) in [5.74, 6) is 0.949. The highest BCUT2D eigenvalue weighted by Gasteiger charge is 2.22. The molecule has 1 amide bonds. The van der Waals surface area contributed by atoms with Gasteiger partial charge >= 0.3 is 0 Å². The van der Waals surface area contributed by atoms with E-state index in [1.165, 1.54) is 17.5 Å². The zero-order valence-corrected chi connectivity index (χ0v) is 13.2. The molecule has 2 rings (SSSR count). The van der Waals surface area contributed by atoms with E-state index < -0.39 is 0 Å². The van der Waals surface area contributed by atoms with Crippen LogP contribution in [0.25, 0.3) is 0 Å². The van der Waals surface area contributed by atoms with Gasteiger partial charge in [-0.3, -0.25) is 4.79 Å². The minimum Gasteiger partial charge on any atom is -0.342 e. The lowest BCUT2D eigenvalue weighted by atomic mass is 9.99. The maximum Gasteiger partial charge on any atom is 0.222 e. The Bertz CT molecular complexity index is 433. The molecule has 0 spiro atoms. The average Bonchev–Trinajstić information content (AvgIpc) is 2.46. The van der Waals surface area contributed by atoms with E-state index in [-0.39, 0.29) is 0 Å². The predicted molar refractivity (Wildman–Crippen MR) is 82.6 cm³/mol. The number of benzene rings is 1. The first-order valence-corrected chi connectivity index (χ1v) is 8.21. The van der Waals surface area contributed by atoms with Gasteiger partial charge in [-0.25, -0.2) is 0 Å². The van der Waals surface area contributed by atoms with Gasteiger partial charge in [0.25, 0.3) is 0 Å². The Balaban J connectivity index is 1.86. The number of piperidine rings is 1. The van der Waals surface area contributed by atoms with Crippen LogP contribution in [0.5, 0.6) is 0 Å². The summed E-state index contributed by atoms with van der Waals surface area (Å²) in [4.78, 5) is 14.3. The summed E-state index contributed by atoms with van der Waals surface area (Å²) in [7, 11) is 0. The molecule has 0 aliphatic carbocycles. The van der Waals surface area contributed by atoms with Gasteiger partial charge in [-0.2, -0.15) is 0 Å². The van der Waals surface area contributed by atoms with Crippen LogP contribution in [0.15, 0.2) is 24.3 Å². The fraction of sp³-hybridized carbons (Fsp3) is 0.562. The molecule has 104 valence electrons. The van der Waals surface area contributed by atoms with E-state index in [9.17, 15) is 4.79 Å². The molecule has 1 aliphatic rings. The van der Waals surface area contributed by atoms with Crippen LogP contribution in [0.1, 0.15) is 30.4 Å². The van der Waals surface area contributed by atoms with E-state index in [0.29, 0.717) is 18.2 Å². The van der Waals surface area contributed by atoms with Crippen LogP contribution in [-0.2, 0) is 11.2 Å². The molecule has 0 bridgehead atoms. The van der Waals surface area contributed by atoms with Crippen molar-refractivity contribution in [1.82, 2.24) is 4.90 Å². The number of likely N-dealkylation sites (tertiary alicyclic amines) is 1. The highest BCUT2D eigenvalue weighted by molar-refractivity contribution is 9.09. The number of carbonyl (C=O) groups excluding carboxylic acids is 1. The highest BCUT2D eigenvalue weighted by atomic mass is 79.9. The van der Waals surface area contributed by atoms with Gasteiger partial charge in [-0.1, -0.05) is 40.2 Å². The van der Waals surface area contributed by atoms with Crippen LogP contribution in [0.4, 0.5) is 0 Å². The van der Waals surface area contributed by atoms with E-state index in [0.717, 1.165) is 31.3 Å². The van der Waals surface area contributed by atoms with E-state index in [2.05, 4.69) is 41.1 Å². The van der Waals surface area contributed by atoms with Crippen LogP contribution in [0.2, 0.25) is 0 Å². The lowest BCUT2D eigenvalue weighted by Gasteiger charge is -2.32. The first-order chi connectivity index (χ1) is 9.20. The van der Waals surface area contributed by atoms with Crippen molar-refractivity contribution >= 4 is 21.8 Å². The van der Waals surface area contributed by atoms with Crippen LogP contribution in [0, 0.1) is 12.8 Å². The molecule has 1 saturated heterocycles. The summed E-state index contributed by atoms with van der Waals surface area (Å²) in [6.07, 6.45) is 3.89. The van der Waals surface area contributed by atoms with Gasteiger partial charge in [0.2, 0.25) is 5.91 Å². The fourth-order valence-electron chi connectivity index (χ4n) is 2.71. The molecule has 1 heterocycles. The number of rotatable bonds is 4. The second-order valence-electron chi connectivity index (χ2n) is 5.43. The minimum atomic E-state index is 0.314. The summed E-state index contributed by atoms with van der Waals surface area (Å²) >= 11 is 3.53. The number of hydrogen-bond donors (Lipinski definition) is 0. The second kappa shape index (κ2) is 7.09. The first kappa shape index (κ1) is 14.6. The lowest BCUT2D eigenvalue weighted by Crippen LogP contribution is -2.40. The van der Waals surface area contributed by atoms with E-state index in [1.54, 1.807) is 0 Å². The Hall–Kier alpha value is -0.830.